The molecular weight excluding hydrogens is 336 g/mol. The molecule has 0 aromatic heterocycles. The van der Waals surface area contributed by atoms with E-state index in [1.54, 1.807) is 6.07 Å². The molecule has 6 heteroatoms. The highest BCUT2D eigenvalue weighted by Gasteiger charge is 2.10. The van der Waals surface area contributed by atoms with Gasteiger partial charge in [-0.05, 0) is 19.2 Å². The summed E-state index contributed by atoms with van der Waals surface area (Å²) in [6.45, 7) is 1.07. The number of hydrogen-bond donors (Lipinski definition) is 1. The third-order valence-corrected chi connectivity index (χ3v) is 3.71. The zero-order valence-electron chi connectivity index (χ0n) is 11.5. The van der Waals surface area contributed by atoms with Crippen LogP contribution < -0.4 is 10.1 Å². The summed E-state index contributed by atoms with van der Waals surface area (Å²) in [6, 6.07) is 12.4. The van der Waals surface area contributed by atoms with Crippen LogP contribution in [-0.2, 0) is 13.2 Å². The minimum absolute atomic E-state index is 0.0567. The van der Waals surface area contributed by atoms with Crippen LogP contribution in [-0.4, -0.2) is 12.0 Å². The molecule has 0 saturated heterocycles. The minimum Gasteiger partial charge on any atom is -0.489 e. The van der Waals surface area contributed by atoms with Crippen LogP contribution in [0.4, 0.5) is 5.69 Å². The Labute approximate surface area is 131 Å². The summed E-state index contributed by atoms with van der Waals surface area (Å²) in [4.78, 5) is 10.3. The maximum atomic E-state index is 10.7. The lowest BCUT2D eigenvalue weighted by atomic mass is 10.2. The number of non-ortho nitro benzene ring substituents is 1. The van der Waals surface area contributed by atoms with E-state index in [4.69, 9.17) is 4.74 Å². The van der Waals surface area contributed by atoms with E-state index in [9.17, 15) is 10.1 Å². The molecule has 2 aromatic carbocycles. The Balaban J connectivity index is 2.11. The van der Waals surface area contributed by atoms with E-state index in [1.165, 1.54) is 12.1 Å². The van der Waals surface area contributed by atoms with E-state index in [1.807, 2.05) is 31.3 Å². The summed E-state index contributed by atoms with van der Waals surface area (Å²) in [6.07, 6.45) is 0. The molecule has 1 N–H and O–H groups in total. The van der Waals surface area contributed by atoms with Crippen molar-refractivity contribution < 1.29 is 9.66 Å². The maximum absolute atomic E-state index is 10.7. The SMILES string of the molecule is CNCc1ccccc1OCc1ccc([N+](=O)[O-])cc1Br. The Kier molecular flexibility index (Phi) is 5.30. The van der Waals surface area contributed by atoms with E-state index in [0.717, 1.165) is 23.4 Å². The van der Waals surface area contributed by atoms with Gasteiger partial charge in [-0.25, -0.2) is 0 Å². The van der Waals surface area contributed by atoms with Crippen LogP contribution >= 0.6 is 15.9 Å². The van der Waals surface area contributed by atoms with E-state index < -0.39 is 4.92 Å². The first-order chi connectivity index (χ1) is 10.1. The third-order valence-electron chi connectivity index (χ3n) is 2.97. The predicted molar refractivity (Wildman–Crippen MR) is 84.3 cm³/mol. The average molecular weight is 351 g/mol. The number of nitrogens with zero attached hydrogens (tertiary/aromatic N) is 1. The molecule has 0 saturated carbocycles. The molecule has 2 rings (SSSR count). The van der Waals surface area contributed by atoms with Crippen molar-refractivity contribution in [3.63, 3.8) is 0 Å². The van der Waals surface area contributed by atoms with Gasteiger partial charge in [0, 0.05) is 34.3 Å². The average Bonchev–Trinajstić information content (AvgIpc) is 2.47. The Morgan fingerprint density at radius 1 is 1.24 bits per heavy atom. The Morgan fingerprint density at radius 3 is 2.67 bits per heavy atom. The first-order valence-corrected chi connectivity index (χ1v) is 7.19. The topological polar surface area (TPSA) is 64.4 Å². The van der Waals surface area contributed by atoms with Crippen molar-refractivity contribution in [1.82, 2.24) is 5.32 Å². The molecule has 0 aliphatic rings. The normalized spacial score (nSPS) is 10.4. The Bertz CT molecular complexity index is 647. The van der Waals surface area contributed by atoms with E-state index in [2.05, 4.69) is 21.2 Å². The fourth-order valence-corrected chi connectivity index (χ4v) is 2.38. The van der Waals surface area contributed by atoms with Gasteiger partial charge >= 0.3 is 0 Å². The maximum Gasteiger partial charge on any atom is 0.270 e. The van der Waals surface area contributed by atoms with Crippen LogP contribution in [0.1, 0.15) is 11.1 Å². The number of nitro groups is 1. The molecule has 0 heterocycles. The van der Waals surface area contributed by atoms with Crippen LogP contribution in [0.2, 0.25) is 0 Å². The molecule has 21 heavy (non-hydrogen) atoms. The second kappa shape index (κ2) is 7.19. The molecule has 0 unspecified atom stereocenters. The Hall–Kier alpha value is -1.92. The highest BCUT2D eigenvalue weighted by atomic mass is 79.9. The second-order valence-corrected chi connectivity index (χ2v) is 5.31. The number of halogens is 1. The van der Waals surface area contributed by atoms with Crippen molar-refractivity contribution in [2.75, 3.05) is 7.05 Å². The Morgan fingerprint density at radius 2 is 2.00 bits per heavy atom. The zero-order chi connectivity index (χ0) is 15.2. The molecule has 0 spiro atoms. The minimum atomic E-state index is -0.419. The molecule has 5 nitrogen and oxygen atoms in total. The van der Waals surface area contributed by atoms with E-state index in [0.29, 0.717) is 11.1 Å². The molecule has 0 aliphatic carbocycles. The van der Waals surface area contributed by atoms with Gasteiger partial charge in [-0.15, -0.1) is 0 Å². The summed E-state index contributed by atoms with van der Waals surface area (Å²) in [5.74, 6) is 0.803. The number of benzene rings is 2. The number of para-hydroxylation sites is 1. The second-order valence-electron chi connectivity index (χ2n) is 4.46. The lowest BCUT2D eigenvalue weighted by molar-refractivity contribution is -0.384. The fraction of sp³-hybridized carbons (Fsp3) is 0.200. The number of hydrogen-bond acceptors (Lipinski definition) is 4. The molecule has 110 valence electrons. The molecular formula is C15H15BrN2O3. The van der Waals surface area contributed by atoms with Gasteiger partial charge in [-0.2, -0.15) is 0 Å². The summed E-state index contributed by atoms with van der Waals surface area (Å²) in [7, 11) is 1.88. The largest absolute Gasteiger partial charge is 0.489 e. The summed E-state index contributed by atoms with van der Waals surface area (Å²) < 4.78 is 6.49. The monoisotopic (exact) mass is 350 g/mol. The van der Waals surface area contributed by atoms with Crippen molar-refractivity contribution in [3.8, 4) is 5.75 Å². The van der Waals surface area contributed by atoms with Crippen molar-refractivity contribution in [2.24, 2.45) is 0 Å². The van der Waals surface area contributed by atoms with Crippen molar-refractivity contribution in [3.05, 3.63) is 68.2 Å². The van der Waals surface area contributed by atoms with Crippen LogP contribution in [0, 0.1) is 10.1 Å². The summed E-state index contributed by atoms with van der Waals surface area (Å²) in [5, 5.41) is 13.8. The number of nitro benzene ring substituents is 1. The highest BCUT2D eigenvalue weighted by molar-refractivity contribution is 9.10. The van der Waals surface area contributed by atoms with E-state index in [-0.39, 0.29) is 5.69 Å². The van der Waals surface area contributed by atoms with Gasteiger partial charge in [0.2, 0.25) is 0 Å². The highest BCUT2D eigenvalue weighted by Crippen LogP contribution is 2.25. The smallest absolute Gasteiger partial charge is 0.270 e. The van der Waals surface area contributed by atoms with Crippen LogP contribution in [0.25, 0.3) is 0 Å². The standard InChI is InChI=1S/C15H15BrN2O3/c1-17-9-11-4-2-3-5-15(11)21-10-12-6-7-13(18(19)20)8-14(12)16/h2-8,17H,9-10H2,1H3. The van der Waals surface area contributed by atoms with Gasteiger partial charge in [0.05, 0.1) is 4.92 Å². The van der Waals surface area contributed by atoms with Crippen LogP contribution in [0.15, 0.2) is 46.9 Å². The molecule has 2 aromatic rings. The fourth-order valence-electron chi connectivity index (χ4n) is 1.90. The van der Waals surface area contributed by atoms with Gasteiger partial charge in [0.1, 0.15) is 12.4 Å². The molecule has 0 atom stereocenters. The van der Waals surface area contributed by atoms with Crippen molar-refractivity contribution >= 4 is 21.6 Å². The molecule has 0 bridgehead atoms. The van der Waals surface area contributed by atoms with Gasteiger partial charge < -0.3 is 10.1 Å². The van der Waals surface area contributed by atoms with Crippen molar-refractivity contribution in [1.29, 1.82) is 0 Å². The number of nitrogens with one attached hydrogen (secondary N) is 1. The lowest BCUT2D eigenvalue weighted by Crippen LogP contribution is -2.07. The first-order valence-electron chi connectivity index (χ1n) is 6.40. The van der Waals surface area contributed by atoms with Gasteiger partial charge in [-0.1, -0.05) is 34.1 Å². The summed E-state index contributed by atoms with van der Waals surface area (Å²) in [5.41, 5.74) is 1.99. The van der Waals surface area contributed by atoms with Crippen molar-refractivity contribution in [2.45, 2.75) is 13.2 Å². The molecule has 0 radical (unpaired) electrons. The predicted octanol–water partition coefficient (Wildman–Crippen LogP) is 3.66. The number of rotatable bonds is 6. The lowest BCUT2D eigenvalue weighted by Gasteiger charge is -2.12. The van der Waals surface area contributed by atoms with Gasteiger partial charge in [0.25, 0.3) is 5.69 Å². The quantitative estimate of drug-likeness (QED) is 0.637. The number of ether oxygens (including phenoxy) is 1. The van der Waals surface area contributed by atoms with Crippen LogP contribution in [0.3, 0.4) is 0 Å². The zero-order valence-corrected chi connectivity index (χ0v) is 13.1. The summed E-state index contributed by atoms with van der Waals surface area (Å²) >= 11 is 3.34. The van der Waals surface area contributed by atoms with Gasteiger partial charge in [-0.3, -0.25) is 10.1 Å². The van der Waals surface area contributed by atoms with E-state index >= 15 is 0 Å². The third kappa shape index (κ3) is 4.03. The first kappa shape index (κ1) is 15.5. The molecule has 0 amide bonds. The molecule has 0 fully saturated rings. The molecule has 0 aliphatic heterocycles. The van der Waals surface area contributed by atoms with Crippen LogP contribution in [0.5, 0.6) is 5.75 Å². The van der Waals surface area contributed by atoms with Gasteiger partial charge in [0.15, 0.2) is 0 Å².